The van der Waals surface area contributed by atoms with E-state index in [2.05, 4.69) is 33.4 Å². The van der Waals surface area contributed by atoms with Gasteiger partial charge in [0.05, 0.1) is 0 Å². The number of rotatable bonds is 4. The molecule has 0 saturated heterocycles. The zero-order chi connectivity index (χ0) is 13.8. The van der Waals surface area contributed by atoms with Gasteiger partial charge in [0, 0.05) is 17.6 Å². The highest BCUT2D eigenvalue weighted by molar-refractivity contribution is 9.10. The number of aryl methyl sites for hydroxylation is 2. The molecule has 1 nitrogen and oxygen atoms in total. The van der Waals surface area contributed by atoms with Crippen molar-refractivity contribution in [3.05, 3.63) is 68.9 Å². The van der Waals surface area contributed by atoms with E-state index < -0.39 is 0 Å². The van der Waals surface area contributed by atoms with Crippen LogP contribution in [-0.2, 0) is 13.1 Å². The fourth-order valence-corrected chi connectivity index (χ4v) is 2.58. The molecule has 2 aromatic carbocycles. The Hall–Kier alpha value is -1.19. The predicted molar refractivity (Wildman–Crippen MR) is 80.6 cm³/mol. The van der Waals surface area contributed by atoms with Gasteiger partial charge in [0.25, 0.3) is 0 Å². The van der Waals surface area contributed by atoms with E-state index in [1.807, 2.05) is 24.3 Å². The van der Waals surface area contributed by atoms with Gasteiger partial charge in [-0.05, 0) is 48.2 Å². The monoisotopic (exact) mass is 321 g/mol. The zero-order valence-corrected chi connectivity index (χ0v) is 12.7. The lowest BCUT2D eigenvalue weighted by atomic mass is 10.1. The Bertz CT molecular complexity index is 558. The van der Waals surface area contributed by atoms with Crippen molar-refractivity contribution in [1.29, 1.82) is 0 Å². The molecular formula is C16H17BrFN. The minimum atomic E-state index is -0.101. The molecule has 0 radical (unpaired) electrons. The second kappa shape index (κ2) is 6.31. The Labute approximate surface area is 122 Å². The van der Waals surface area contributed by atoms with Gasteiger partial charge >= 0.3 is 0 Å². The normalized spacial score (nSPS) is 10.7. The summed E-state index contributed by atoms with van der Waals surface area (Å²) in [6.45, 7) is 5.16. The summed E-state index contributed by atoms with van der Waals surface area (Å²) < 4.78 is 14.6. The summed E-state index contributed by atoms with van der Waals surface area (Å²) in [7, 11) is 0. The molecule has 2 rings (SSSR count). The van der Waals surface area contributed by atoms with Crippen LogP contribution < -0.4 is 5.32 Å². The summed E-state index contributed by atoms with van der Waals surface area (Å²) in [5.41, 5.74) is 3.76. The lowest BCUT2D eigenvalue weighted by Crippen LogP contribution is -2.13. The molecule has 3 heteroatoms. The summed E-state index contributed by atoms with van der Waals surface area (Å²) in [5.74, 6) is -0.101. The van der Waals surface area contributed by atoms with Gasteiger partial charge in [0.1, 0.15) is 5.82 Å². The van der Waals surface area contributed by atoms with Crippen molar-refractivity contribution >= 4 is 15.9 Å². The number of hydrogen-bond acceptors (Lipinski definition) is 1. The highest BCUT2D eigenvalue weighted by atomic mass is 79.9. The average molecular weight is 322 g/mol. The maximum absolute atomic E-state index is 13.5. The van der Waals surface area contributed by atoms with E-state index in [1.165, 1.54) is 5.56 Å². The molecule has 1 N–H and O–H groups in total. The van der Waals surface area contributed by atoms with Gasteiger partial charge in [0.15, 0.2) is 0 Å². The first-order valence-corrected chi connectivity index (χ1v) is 7.06. The quantitative estimate of drug-likeness (QED) is 0.874. The molecule has 19 heavy (non-hydrogen) atoms. The van der Waals surface area contributed by atoms with Crippen molar-refractivity contribution in [2.45, 2.75) is 26.9 Å². The van der Waals surface area contributed by atoms with Gasteiger partial charge in [-0.25, -0.2) is 4.39 Å². The Morgan fingerprint density at radius 1 is 1.00 bits per heavy atom. The second-order valence-corrected chi connectivity index (χ2v) is 5.69. The van der Waals surface area contributed by atoms with Crippen LogP contribution in [0.1, 0.15) is 22.3 Å². The van der Waals surface area contributed by atoms with E-state index in [1.54, 1.807) is 13.8 Å². The van der Waals surface area contributed by atoms with Gasteiger partial charge in [-0.1, -0.05) is 40.2 Å². The van der Waals surface area contributed by atoms with Crippen LogP contribution in [0.5, 0.6) is 0 Å². The molecule has 0 saturated carbocycles. The van der Waals surface area contributed by atoms with Crippen LogP contribution in [0.15, 0.2) is 40.9 Å². The number of hydrogen-bond donors (Lipinski definition) is 1. The third-order valence-corrected chi connectivity index (χ3v) is 3.54. The fourth-order valence-electron chi connectivity index (χ4n) is 2.14. The molecule has 0 aromatic heterocycles. The molecule has 0 aliphatic rings. The van der Waals surface area contributed by atoms with E-state index in [9.17, 15) is 4.39 Å². The number of halogens is 2. The molecule has 0 atom stereocenters. The maximum Gasteiger partial charge on any atom is 0.129 e. The Balaban J connectivity index is 1.96. The molecular weight excluding hydrogens is 305 g/mol. The molecule has 0 fully saturated rings. The largest absolute Gasteiger partial charge is 0.309 e. The minimum Gasteiger partial charge on any atom is -0.309 e. The van der Waals surface area contributed by atoms with Crippen LogP contribution in [0.25, 0.3) is 0 Å². The van der Waals surface area contributed by atoms with Gasteiger partial charge in [0.2, 0.25) is 0 Å². The van der Waals surface area contributed by atoms with Crippen molar-refractivity contribution in [2.75, 3.05) is 0 Å². The van der Waals surface area contributed by atoms with Gasteiger partial charge in [-0.15, -0.1) is 0 Å². The van der Waals surface area contributed by atoms with Crippen molar-refractivity contribution < 1.29 is 4.39 Å². The molecule has 0 spiro atoms. The van der Waals surface area contributed by atoms with Gasteiger partial charge in [-0.3, -0.25) is 0 Å². The Morgan fingerprint density at radius 2 is 1.63 bits per heavy atom. The first kappa shape index (κ1) is 14.2. The highest BCUT2D eigenvalue weighted by Gasteiger charge is 2.04. The molecule has 100 valence electrons. The van der Waals surface area contributed by atoms with Crippen molar-refractivity contribution in [2.24, 2.45) is 0 Å². The van der Waals surface area contributed by atoms with Gasteiger partial charge < -0.3 is 5.32 Å². The SMILES string of the molecule is Cc1cc(CNCc2cccc(Br)c2)cc(C)c1F. The third kappa shape index (κ3) is 3.88. The van der Waals surface area contributed by atoms with Crippen LogP contribution >= 0.6 is 15.9 Å². The lowest BCUT2D eigenvalue weighted by Gasteiger charge is -2.09. The molecule has 0 aliphatic carbocycles. The standard InChI is InChI=1S/C16H17BrFN/c1-11-6-14(7-12(2)16(11)18)10-19-9-13-4-3-5-15(17)8-13/h3-8,19H,9-10H2,1-2H3. The summed E-state index contributed by atoms with van der Waals surface area (Å²) in [6, 6.07) is 12.0. The van der Waals surface area contributed by atoms with Crippen molar-refractivity contribution in [1.82, 2.24) is 5.32 Å². The topological polar surface area (TPSA) is 12.0 Å². The molecule has 0 unspecified atom stereocenters. The number of nitrogens with one attached hydrogen (secondary N) is 1. The summed E-state index contributed by atoms with van der Waals surface area (Å²) in [6.07, 6.45) is 0. The third-order valence-electron chi connectivity index (χ3n) is 3.04. The summed E-state index contributed by atoms with van der Waals surface area (Å²) in [5, 5.41) is 3.38. The Kier molecular flexibility index (Phi) is 4.72. The van der Waals surface area contributed by atoms with E-state index in [4.69, 9.17) is 0 Å². The van der Waals surface area contributed by atoms with Crippen molar-refractivity contribution in [3.8, 4) is 0 Å². The fraction of sp³-hybridized carbons (Fsp3) is 0.250. The summed E-state index contributed by atoms with van der Waals surface area (Å²) >= 11 is 3.46. The number of benzene rings is 2. The Morgan fingerprint density at radius 3 is 2.26 bits per heavy atom. The zero-order valence-electron chi connectivity index (χ0n) is 11.1. The molecule has 0 amide bonds. The van der Waals surface area contributed by atoms with Crippen LogP contribution in [0.3, 0.4) is 0 Å². The first-order chi connectivity index (χ1) is 9.06. The van der Waals surface area contributed by atoms with Crippen LogP contribution in [-0.4, -0.2) is 0 Å². The smallest absolute Gasteiger partial charge is 0.129 e. The van der Waals surface area contributed by atoms with E-state index >= 15 is 0 Å². The highest BCUT2D eigenvalue weighted by Crippen LogP contribution is 2.15. The second-order valence-electron chi connectivity index (χ2n) is 4.78. The van der Waals surface area contributed by atoms with E-state index in [0.717, 1.165) is 23.1 Å². The first-order valence-electron chi connectivity index (χ1n) is 6.27. The van der Waals surface area contributed by atoms with E-state index in [-0.39, 0.29) is 5.82 Å². The predicted octanol–water partition coefficient (Wildman–Crippen LogP) is 4.49. The molecule has 0 heterocycles. The van der Waals surface area contributed by atoms with E-state index in [0.29, 0.717) is 11.1 Å². The molecule has 2 aromatic rings. The average Bonchev–Trinajstić information content (AvgIpc) is 2.36. The lowest BCUT2D eigenvalue weighted by molar-refractivity contribution is 0.606. The molecule has 0 bridgehead atoms. The van der Waals surface area contributed by atoms with Crippen LogP contribution in [0.4, 0.5) is 4.39 Å². The molecule has 0 aliphatic heterocycles. The minimum absolute atomic E-state index is 0.101. The van der Waals surface area contributed by atoms with Crippen LogP contribution in [0.2, 0.25) is 0 Å². The van der Waals surface area contributed by atoms with Crippen molar-refractivity contribution in [3.63, 3.8) is 0 Å². The van der Waals surface area contributed by atoms with Gasteiger partial charge in [-0.2, -0.15) is 0 Å². The van der Waals surface area contributed by atoms with Crippen LogP contribution in [0, 0.1) is 19.7 Å². The maximum atomic E-state index is 13.5. The summed E-state index contributed by atoms with van der Waals surface area (Å²) in [4.78, 5) is 0.